The zero-order chi connectivity index (χ0) is 22.3. The van der Waals surface area contributed by atoms with Gasteiger partial charge in [0, 0.05) is 6.54 Å². The number of carbonyl (C=O) groups is 1. The minimum atomic E-state index is -0.780. The predicted molar refractivity (Wildman–Crippen MR) is 116 cm³/mol. The minimum Gasteiger partial charge on any atom is -0.483 e. The third-order valence-electron chi connectivity index (χ3n) is 5.23. The molecule has 9 heteroatoms. The van der Waals surface area contributed by atoms with E-state index in [0.29, 0.717) is 30.4 Å². The standard InChI is InChI=1S/C22H26FN5O2S/c1-3-13-28-19(14-30-18-10-6-5-9-17(18)23)26-27-21(28)31-16(2)20(29)25-22(15-24)11-7-4-8-12-22/h3,5-6,9-10,16H,1,4,7-8,11-14H2,2H3,(H,25,29). The van der Waals surface area contributed by atoms with Gasteiger partial charge < -0.3 is 10.1 Å². The molecule has 0 spiro atoms. The Hall–Kier alpha value is -2.86. The van der Waals surface area contributed by atoms with Gasteiger partial charge in [0.25, 0.3) is 0 Å². The van der Waals surface area contributed by atoms with E-state index < -0.39 is 16.6 Å². The Morgan fingerprint density at radius 1 is 1.42 bits per heavy atom. The first-order valence-electron chi connectivity index (χ1n) is 10.3. The number of aromatic nitrogens is 3. The van der Waals surface area contributed by atoms with Gasteiger partial charge in [0.15, 0.2) is 22.5 Å². The number of allylic oxidation sites excluding steroid dienone is 1. The zero-order valence-corrected chi connectivity index (χ0v) is 18.3. The molecular formula is C22H26FN5O2S. The summed E-state index contributed by atoms with van der Waals surface area (Å²) in [5.41, 5.74) is -0.780. The maximum absolute atomic E-state index is 13.8. The van der Waals surface area contributed by atoms with E-state index in [1.807, 2.05) is 0 Å². The average molecular weight is 444 g/mol. The largest absolute Gasteiger partial charge is 0.483 e. The molecule has 1 atom stereocenters. The molecule has 31 heavy (non-hydrogen) atoms. The van der Waals surface area contributed by atoms with Crippen molar-refractivity contribution in [2.24, 2.45) is 0 Å². The van der Waals surface area contributed by atoms with Gasteiger partial charge in [-0.2, -0.15) is 5.26 Å². The molecule has 1 aliphatic rings. The van der Waals surface area contributed by atoms with Crippen LogP contribution in [0.3, 0.4) is 0 Å². The molecule has 0 aliphatic heterocycles. The fourth-order valence-electron chi connectivity index (χ4n) is 3.50. The minimum absolute atomic E-state index is 0.0282. The Morgan fingerprint density at radius 2 is 2.16 bits per heavy atom. The van der Waals surface area contributed by atoms with Crippen molar-refractivity contribution in [3.05, 3.63) is 48.6 Å². The number of nitrogens with one attached hydrogen (secondary N) is 1. The van der Waals surface area contributed by atoms with Gasteiger partial charge in [-0.3, -0.25) is 9.36 Å². The Balaban J connectivity index is 1.67. The summed E-state index contributed by atoms with van der Waals surface area (Å²) < 4.78 is 21.1. The van der Waals surface area contributed by atoms with E-state index in [2.05, 4.69) is 28.2 Å². The highest BCUT2D eigenvalue weighted by molar-refractivity contribution is 8.00. The summed E-state index contributed by atoms with van der Waals surface area (Å²) in [5, 5.41) is 20.9. The van der Waals surface area contributed by atoms with Crippen LogP contribution in [0.1, 0.15) is 44.9 Å². The number of rotatable bonds is 9. The van der Waals surface area contributed by atoms with Gasteiger partial charge in [0.1, 0.15) is 12.1 Å². The van der Waals surface area contributed by atoms with Crippen LogP contribution in [-0.4, -0.2) is 31.5 Å². The first-order valence-corrected chi connectivity index (χ1v) is 11.2. The lowest BCUT2D eigenvalue weighted by molar-refractivity contribution is -0.121. The maximum Gasteiger partial charge on any atom is 0.234 e. The van der Waals surface area contributed by atoms with Crippen LogP contribution in [-0.2, 0) is 17.9 Å². The average Bonchev–Trinajstić information content (AvgIpc) is 3.15. The second-order valence-corrected chi connectivity index (χ2v) is 8.83. The van der Waals surface area contributed by atoms with Crippen LogP contribution >= 0.6 is 11.8 Å². The van der Waals surface area contributed by atoms with Crippen LogP contribution in [0.2, 0.25) is 0 Å². The molecule has 1 aromatic heterocycles. The molecule has 0 bridgehead atoms. The molecule has 1 N–H and O–H groups in total. The Morgan fingerprint density at radius 3 is 2.84 bits per heavy atom. The number of nitrogens with zero attached hydrogens (tertiary/aromatic N) is 4. The fourth-order valence-corrected chi connectivity index (χ4v) is 4.38. The smallest absolute Gasteiger partial charge is 0.234 e. The van der Waals surface area contributed by atoms with Crippen molar-refractivity contribution < 1.29 is 13.9 Å². The molecule has 0 radical (unpaired) electrons. The van der Waals surface area contributed by atoms with Crippen LogP contribution in [0.5, 0.6) is 5.75 Å². The van der Waals surface area contributed by atoms with Gasteiger partial charge in [0.2, 0.25) is 5.91 Å². The van der Waals surface area contributed by atoms with Crippen molar-refractivity contribution in [1.82, 2.24) is 20.1 Å². The molecule has 7 nitrogen and oxygen atoms in total. The van der Waals surface area contributed by atoms with E-state index >= 15 is 0 Å². The summed E-state index contributed by atoms with van der Waals surface area (Å²) in [6.07, 6.45) is 6.01. The first kappa shape index (κ1) is 22.8. The van der Waals surface area contributed by atoms with Crippen molar-refractivity contribution >= 4 is 17.7 Å². The summed E-state index contributed by atoms with van der Waals surface area (Å²) in [7, 11) is 0. The predicted octanol–water partition coefficient (Wildman–Crippen LogP) is 4.01. The molecule has 2 aromatic rings. The normalized spacial score (nSPS) is 16.2. The lowest BCUT2D eigenvalue weighted by atomic mass is 9.83. The van der Waals surface area contributed by atoms with E-state index in [-0.39, 0.29) is 18.3 Å². The van der Waals surface area contributed by atoms with E-state index in [0.717, 1.165) is 19.3 Å². The van der Waals surface area contributed by atoms with Crippen LogP contribution < -0.4 is 10.1 Å². The molecule has 1 heterocycles. The van der Waals surface area contributed by atoms with E-state index in [1.54, 1.807) is 35.8 Å². The van der Waals surface area contributed by atoms with Gasteiger partial charge in [-0.1, -0.05) is 49.2 Å². The summed E-state index contributed by atoms with van der Waals surface area (Å²) >= 11 is 1.25. The molecule has 0 saturated heterocycles. The number of carbonyl (C=O) groups excluding carboxylic acids is 1. The maximum atomic E-state index is 13.8. The first-order chi connectivity index (χ1) is 15.0. The fraction of sp³-hybridized carbons (Fsp3) is 0.455. The van der Waals surface area contributed by atoms with Crippen LogP contribution in [0.4, 0.5) is 4.39 Å². The second kappa shape index (κ2) is 10.4. The van der Waals surface area contributed by atoms with Gasteiger partial charge in [0.05, 0.1) is 11.3 Å². The molecule has 3 rings (SSSR count). The highest BCUT2D eigenvalue weighted by Crippen LogP contribution is 2.29. The number of amides is 1. The molecule has 1 aromatic carbocycles. The van der Waals surface area contributed by atoms with E-state index in [1.165, 1.54) is 17.8 Å². The highest BCUT2D eigenvalue weighted by atomic mass is 32.2. The summed E-state index contributed by atoms with van der Waals surface area (Å²) in [6, 6.07) is 8.45. The quantitative estimate of drug-likeness (QED) is 0.465. The summed E-state index contributed by atoms with van der Waals surface area (Å²) in [5.74, 6) is -0.0250. The molecular weight excluding hydrogens is 417 g/mol. The number of hydrogen-bond acceptors (Lipinski definition) is 6. The van der Waals surface area contributed by atoms with Crippen molar-refractivity contribution in [2.75, 3.05) is 0 Å². The number of nitriles is 1. The van der Waals surface area contributed by atoms with Gasteiger partial charge in [-0.15, -0.1) is 16.8 Å². The lowest BCUT2D eigenvalue weighted by Crippen LogP contribution is -2.51. The molecule has 1 aliphatic carbocycles. The molecule has 164 valence electrons. The number of hydrogen-bond donors (Lipinski definition) is 1. The van der Waals surface area contributed by atoms with Gasteiger partial charge >= 0.3 is 0 Å². The summed E-state index contributed by atoms with van der Waals surface area (Å²) in [4.78, 5) is 12.8. The topological polar surface area (TPSA) is 92.8 Å². The molecule has 1 amide bonds. The Labute approximate surface area is 185 Å². The van der Waals surface area contributed by atoms with Gasteiger partial charge in [-0.25, -0.2) is 4.39 Å². The van der Waals surface area contributed by atoms with Crippen LogP contribution in [0, 0.1) is 17.1 Å². The monoisotopic (exact) mass is 443 g/mol. The molecule has 1 saturated carbocycles. The lowest BCUT2D eigenvalue weighted by Gasteiger charge is -2.32. The Bertz CT molecular complexity index is 965. The highest BCUT2D eigenvalue weighted by Gasteiger charge is 2.35. The Kier molecular flexibility index (Phi) is 7.69. The number of para-hydroxylation sites is 1. The SMILES string of the molecule is C=CCn1c(COc2ccccc2F)nnc1SC(C)C(=O)NC1(C#N)CCCCC1. The zero-order valence-electron chi connectivity index (χ0n) is 17.5. The van der Waals surface area contributed by atoms with Crippen molar-refractivity contribution in [1.29, 1.82) is 5.26 Å². The van der Waals surface area contributed by atoms with Crippen molar-refractivity contribution in [3.63, 3.8) is 0 Å². The van der Waals surface area contributed by atoms with Gasteiger partial charge in [-0.05, 0) is 31.9 Å². The van der Waals surface area contributed by atoms with Crippen LogP contribution in [0.15, 0.2) is 42.1 Å². The van der Waals surface area contributed by atoms with E-state index in [4.69, 9.17) is 4.74 Å². The summed E-state index contributed by atoms with van der Waals surface area (Å²) in [6.45, 7) is 5.98. The molecule has 1 fully saturated rings. The third-order valence-corrected chi connectivity index (χ3v) is 6.31. The van der Waals surface area contributed by atoms with E-state index in [9.17, 15) is 14.4 Å². The number of benzene rings is 1. The third kappa shape index (κ3) is 5.64. The van der Waals surface area contributed by atoms with Crippen molar-refractivity contribution in [3.8, 4) is 11.8 Å². The molecule has 1 unspecified atom stereocenters. The number of ether oxygens (including phenoxy) is 1. The second-order valence-electron chi connectivity index (χ2n) is 7.52. The number of thioether (sulfide) groups is 1. The van der Waals surface area contributed by atoms with Crippen molar-refractivity contribution in [2.45, 2.75) is 68.1 Å². The number of halogens is 1. The van der Waals surface area contributed by atoms with Crippen LogP contribution in [0.25, 0.3) is 0 Å².